The Labute approximate surface area is 88.7 Å². The van der Waals surface area contributed by atoms with Gasteiger partial charge in [-0.25, -0.2) is 9.97 Å². The van der Waals surface area contributed by atoms with Crippen LogP contribution in [-0.2, 0) is 0 Å². The van der Waals surface area contributed by atoms with Crippen molar-refractivity contribution in [3.8, 4) is 0 Å². The van der Waals surface area contributed by atoms with Crippen LogP contribution in [-0.4, -0.2) is 21.8 Å². The molecule has 0 aliphatic heterocycles. The molecule has 1 aliphatic rings. The molecule has 1 saturated carbocycles. The van der Waals surface area contributed by atoms with E-state index in [9.17, 15) is 0 Å². The van der Waals surface area contributed by atoms with Gasteiger partial charge < -0.3 is 5.32 Å². The average Bonchev–Trinajstić information content (AvgIpc) is 2.16. The van der Waals surface area contributed by atoms with Crippen molar-refractivity contribution in [2.45, 2.75) is 36.8 Å². The van der Waals surface area contributed by atoms with E-state index in [0.717, 1.165) is 11.0 Å². The SMILES string of the molecule is CSc1ccnc(NC2(C)CCC2)n1. The number of thioether (sulfide) groups is 1. The first-order valence-electron chi connectivity index (χ1n) is 4.87. The van der Waals surface area contributed by atoms with Gasteiger partial charge in [0.1, 0.15) is 5.03 Å². The lowest BCUT2D eigenvalue weighted by Gasteiger charge is -2.39. The Bertz CT molecular complexity index is 323. The van der Waals surface area contributed by atoms with Crippen LogP contribution in [0.4, 0.5) is 5.95 Å². The molecule has 2 rings (SSSR count). The van der Waals surface area contributed by atoms with E-state index in [2.05, 4.69) is 22.2 Å². The highest BCUT2D eigenvalue weighted by atomic mass is 32.2. The van der Waals surface area contributed by atoms with Crippen LogP contribution in [0.5, 0.6) is 0 Å². The summed E-state index contributed by atoms with van der Waals surface area (Å²) < 4.78 is 0. The van der Waals surface area contributed by atoms with Gasteiger partial charge in [0.15, 0.2) is 0 Å². The molecular weight excluding hydrogens is 194 g/mol. The van der Waals surface area contributed by atoms with Crippen molar-refractivity contribution in [1.29, 1.82) is 0 Å². The Morgan fingerprint density at radius 1 is 1.50 bits per heavy atom. The minimum absolute atomic E-state index is 0.233. The number of anilines is 1. The maximum Gasteiger partial charge on any atom is 0.224 e. The number of aromatic nitrogens is 2. The number of nitrogens with zero attached hydrogens (tertiary/aromatic N) is 2. The molecule has 0 saturated heterocycles. The minimum atomic E-state index is 0.233. The van der Waals surface area contributed by atoms with Crippen LogP contribution in [0.1, 0.15) is 26.2 Å². The van der Waals surface area contributed by atoms with Crippen LogP contribution >= 0.6 is 11.8 Å². The van der Waals surface area contributed by atoms with Crippen molar-refractivity contribution in [3.63, 3.8) is 0 Å². The van der Waals surface area contributed by atoms with Crippen molar-refractivity contribution < 1.29 is 0 Å². The van der Waals surface area contributed by atoms with Gasteiger partial charge in [-0.2, -0.15) is 0 Å². The second-order valence-corrected chi connectivity index (χ2v) is 4.79. The summed E-state index contributed by atoms with van der Waals surface area (Å²) in [5.74, 6) is 0.763. The van der Waals surface area contributed by atoms with E-state index in [4.69, 9.17) is 0 Å². The number of nitrogens with one attached hydrogen (secondary N) is 1. The third-order valence-corrected chi connectivity index (χ3v) is 3.36. The average molecular weight is 209 g/mol. The highest BCUT2D eigenvalue weighted by molar-refractivity contribution is 7.98. The fraction of sp³-hybridized carbons (Fsp3) is 0.600. The second kappa shape index (κ2) is 3.77. The largest absolute Gasteiger partial charge is 0.349 e. The van der Waals surface area contributed by atoms with Crippen LogP contribution in [0.15, 0.2) is 17.3 Å². The molecule has 0 amide bonds. The van der Waals surface area contributed by atoms with Gasteiger partial charge in [-0.15, -0.1) is 11.8 Å². The Balaban J connectivity index is 2.08. The van der Waals surface area contributed by atoms with Crippen molar-refractivity contribution in [1.82, 2.24) is 9.97 Å². The molecule has 1 heterocycles. The summed E-state index contributed by atoms with van der Waals surface area (Å²) in [6, 6.07) is 1.93. The van der Waals surface area contributed by atoms with Crippen LogP contribution in [0.3, 0.4) is 0 Å². The molecule has 1 N–H and O–H groups in total. The fourth-order valence-electron chi connectivity index (χ4n) is 1.62. The van der Waals surface area contributed by atoms with Crippen LogP contribution < -0.4 is 5.32 Å². The number of hydrogen-bond donors (Lipinski definition) is 1. The van der Waals surface area contributed by atoms with Gasteiger partial charge >= 0.3 is 0 Å². The normalized spacial score (nSPS) is 18.7. The first-order valence-corrected chi connectivity index (χ1v) is 6.10. The fourth-order valence-corrected chi connectivity index (χ4v) is 1.99. The number of rotatable bonds is 3. The Kier molecular flexibility index (Phi) is 2.63. The summed E-state index contributed by atoms with van der Waals surface area (Å²) in [7, 11) is 0. The van der Waals surface area contributed by atoms with Gasteiger partial charge in [0, 0.05) is 11.7 Å². The lowest BCUT2D eigenvalue weighted by atomic mass is 9.79. The van der Waals surface area contributed by atoms with Crippen LogP contribution in [0.2, 0.25) is 0 Å². The summed E-state index contributed by atoms with van der Waals surface area (Å²) in [5, 5.41) is 4.41. The number of hydrogen-bond acceptors (Lipinski definition) is 4. The first-order chi connectivity index (χ1) is 6.72. The first kappa shape index (κ1) is 9.77. The molecule has 0 unspecified atom stereocenters. The molecular formula is C10H15N3S. The zero-order valence-corrected chi connectivity index (χ0v) is 9.40. The molecule has 0 aromatic carbocycles. The van der Waals surface area contributed by atoms with E-state index in [0.29, 0.717) is 0 Å². The predicted octanol–water partition coefficient (Wildman–Crippen LogP) is 2.55. The quantitative estimate of drug-likeness (QED) is 0.613. The van der Waals surface area contributed by atoms with E-state index in [-0.39, 0.29) is 5.54 Å². The van der Waals surface area contributed by atoms with E-state index in [1.54, 1.807) is 11.8 Å². The van der Waals surface area contributed by atoms with Crippen molar-refractivity contribution in [2.75, 3.05) is 11.6 Å². The third-order valence-electron chi connectivity index (χ3n) is 2.71. The lowest BCUT2D eigenvalue weighted by Crippen LogP contribution is -2.42. The maximum atomic E-state index is 4.40. The summed E-state index contributed by atoms with van der Waals surface area (Å²) in [4.78, 5) is 8.62. The lowest BCUT2D eigenvalue weighted by molar-refractivity contribution is 0.304. The molecule has 4 heteroatoms. The molecule has 1 fully saturated rings. The Morgan fingerprint density at radius 2 is 2.29 bits per heavy atom. The zero-order chi connectivity index (χ0) is 10.0. The predicted molar refractivity (Wildman–Crippen MR) is 59.7 cm³/mol. The molecule has 0 radical (unpaired) electrons. The molecule has 14 heavy (non-hydrogen) atoms. The van der Waals surface area contributed by atoms with Crippen molar-refractivity contribution in [2.24, 2.45) is 0 Å². The summed E-state index contributed by atoms with van der Waals surface area (Å²) in [6.07, 6.45) is 7.59. The van der Waals surface area contributed by atoms with Gasteiger partial charge in [-0.3, -0.25) is 0 Å². The minimum Gasteiger partial charge on any atom is -0.349 e. The van der Waals surface area contributed by atoms with E-state index in [1.807, 2.05) is 18.5 Å². The van der Waals surface area contributed by atoms with Crippen molar-refractivity contribution in [3.05, 3.63) is 12.3 Å². The summed E-state index contributed by atoms with van der Waals surface area (Å²) in [5.41, 5.74) is 0.233. The smallest absolute Gasteiger partial charge is 0.224 e. The zero-order valence-electron chi connectivity index (χ0n) is 8.58. The third kappa shape index (κ3) is 2.00. The van der Waals surface area contributed by atoms with Gasteiger partial charge in [-0.05, 0) is 38.5 Å². The molecule has 76 valence electrons. The molecule has 1 aromatic heterocycles. The summed E-state index contributed by atoms with van der Waals surface area (Å²) in [6.45, 7) is 2.23. The van der Waals surface area contributed by atoms with E-state index < -0.39 is 0 Å². The highest BCUT2D eigenvalue weighted by Crippen LogP contribution is 2.33. The van der Waals surface area contributed by atoms with Gasteiger partial charge in [0.05, 0.1) is 0 Å². The molecule has 3 nitrogen and oxygen atoms in total. The van der Waals surface area contributed by atoms with Gasteiger partial charge in [-0.1, -0.05) is 0 Å². The molecule has 1 aliphatic carbocycles. The molecule has 0 spiro atoms. The second-order valence-electron chi connectivity index (χ2n) is 3.96. The van der Waals surface area contributed by atoms with E-state index in [1.165, 1.54) is 19.3 Å². The Hall–Kier alpha value is -0.770. The topological polar surface area (TPSA) is 37.8 Å². The van der Waals surface area contributed by atoms with Gasteiger partial charge in [0.25, 0.3) is 0 Å². The molecule has 1 aromatic rings. The maximum absolute atomic E-state index is 4.40. The monoisotopic (exact) mass is 209 g/mol. The standard InChI is InChI=1S/C10H15N3S/c1-10(5-3-6-10)13-9-11-7-4-8(12-9)14-2/h4,7H,3,5-6H2,1-2H3,(H,11,12,13). The van der Waals surface area contributed by atoms with E-state index >= 15 is 0 Å². The van der Waals surface area contributed by atoms with Crippen LogP contribution in [0.25, 0.3) is 0 Å². The highest BCUT2D eigenvalue weighted by Gasteiger charge is 2.32. The van der Waals surface area contributed by atoms with Crippen LogP contribution in [0, 0.1) is 0 Å². The summed E-state index contributed by atoms with van der Waals surface area (Å²) >= 11 is 1.64. The molecule has 0 atom stereocenters. The van der Waals surface area contributed by atoms with Crippen molar-refractivity contribution >= 4 is 17.7 Å². The van der Waals surface area contributed by atoms with Gasteiger partial charge in [0.2, 0.25) is 5.95 Å². The Morgan fingerprint density at radius 3 is 2.86 bits per heavy atom. The molecule has 0 bridgehead atoms.